The number of benzene rings is 2. The second-order valence-electron chi connectivity index (χ2n) is 4.83. The van der Waals surface area contributed by atoms with Crippen LogP contribution in [0.2, 0.25) is 5.02 Å². The maximum absolute atomic E-state index is 12.1. The van der Waals surface area contributed by atoms with Crippen molar-refractivity contribution >= 4 is 23.2 Å². The summed E-state index contributed by atoms with van der Waals surface area (Å²) in [7, 11) is 0. The van der Waals surface area contributed by atoms with E-state index in [2.05, 4.69) is 16.7 Å². The van der Waals surface area contributed by atoms with Crippen molar-refractivity contribution in [3.8, 4) is 0 Å². The summed E-state index contributed by atoms with van der Waals surface area (Å²) < 4.78 is 0. The summed E-state index contributed by atoms with van der Waals surface area (Å²) in [5.41, 5.74) is 3.20. The number of fused-ring (bicyclic) bond motifs is 1. The molecule has 3 nitrogen and oxygen atoms in total. The third-order valence-corrected chi connectivity index (χ3v) is 3.66. The Kier molecular flexibility index (Phi) is 3.61. The van der Waals surface area contributed by atoms with Crippen molar-refractivity contribution in [1.82, 2.24) is 5.32 Å². The van der Waals surface area contributed by atoms with Crippen LogP contribution in [0.3, 0.4) is 0 Å². The highest BCUT2D eigenvalue weighted by Crippen LogP contribution is 2.24. The molecule has 20 heavy (non-hydrogen) atoms. The second-order valence-corrected chi connectivity index (χ2v) is 5.27. The molecular weight excluding hydrogens is 272 g/mol. The minimum atomic E-state index is -0.201. The van der Waals surface area contributed by atoms with E-state index in [1.54, 1.807) is 0 Å². The average molecular weight is 286 g/mol. The number of nitrogens with one attached hydrogen (secondary N) is 2. The summed E-state index contributed by atoms with van der Waals surface area (Å²) in [5, 5.41) is 6.85. The summed E-state index contributed by atoms with van der Waals surface area (Å²) in [4.78, 5) is 12.1. The van der Waals surface area contributed by atoms with Crippen LogP contribution in [0.25, 0.3) is 0 Å². The zero-order chi connectivity index (χ0) is 13.9. The summed E-state index contributed by atoms with van der Waals surface area (Å²) in [6.45, 7) is 0.511. The van der Waals surface area contributed by atoms with Crippen LogP contribution in [0, 0.1) is 6.07 Å². The number of hydrogen-bond acceptors (Lipinski definition) is 2. The Balaban J connectivity index is 1.57. The highest BCUT2D eigenvalue weighted by Gasteiger charge is 2.25. The van der Waals surface area contributed by atoms with Gasteiger partial charge in [-0.1, -0.05) is 35.9 Å². The molecule has 101 valence electrons. The molecule has 0 saturated heterocycles. The third-order valence-electron chi connectivity index (χ3n) is 3.40. The van der Waals surface area contributed by atoms with Gasteiger partial charge in [0.25, 0.3) is 0 Å². The van der Waals surface area contributed by atoms with Crippen LogP contribution in [0.5, 0.6) is 0 Å². The molecule has 1 amide bonds. The molecule has 1 aliphatic rings. The van der Waals surface area contributed by atoms with E-state index in [0.717, 1.165) is 23.2 Å². The van der Waals surface area contributed by atoms with Crippen molar-refractivity contribution in [2.45, 2.75) is 19.0 Å². The zero-order valence-electron chi connectivity index (χ0n) is 10.8. The standard InChI is InChI=1S/C16H14ClN2O/c17-13-7-5-11(6-8-13)10-18-16(20)15-9-12-3-1-2-4-14(12)19-15/h1,3-8,15,19H,9-10H2,(H,18,20). The van der Waals surface area contributed by atoms with Gasteiger partial charge in [0.2, 0.25) is 5.91 Å². The fourth-order valence-corrected chi connectivity index (χ4v) is 2.43. The molecule has 0 aliphatic carbocycles. The Morgan fingerprint density at radius 3 is 2.90 bits per heavy atom. The molecule has 0 aromatic heterocycles. The number of carbonyl (C=O) groups excluding carboxylic acids is 1. The van der Waals surface area contributed by atoms with Crippen molar-refractivity contribution in [2.75, 3.05) is 5.32 Å². The lowest BCUT2D eigenvalue weighted by molar-refractivity contribution is -0.121. The van der Waals surface area contributed by atoms with Crippen LogP contribution in [0.15, 0.2) is 42.5 Å². The molecule has 2 aromatic carbocycles. The predicted molar refractivity (Wildman–Crippen MR) is 79.7 cm³/mol. The molecule has 2 N–H and O–H groups in total. The monoisotopic (exact) mass is 285 g/mol. The number of halogens is 1. The summed E-state index contributed by atoms with van der Waals surface area (Å²) in [5.74, 6) is 0.0103. The maximum atomic E-state index is 12.1. The first kappa shape index (κ1) is 13.0. The number of carbonyl (C=O) groups is 1. The Hall–Kier alpha value is -2.00. The minimum Gasteiger partial charge on any atom is -0.373 e. The Bertz CT molecular complexity index is 600. The molecule has 2 aromatic rings. The van der Waals surface area contributed by atoms with E-state index >= 15 is 0 Å². The molecule has 0 bridgehead atoms. The molecule has 3 rings (SSSR count). The van der Waals surface area contributed by atoms with Gasteiger partial charge in [0.1, 0.15) is 6.04 Å². The van der Waals surface area contributed by atoms with Crippen molar-refractivity contribution in [3.63, 3.8) is 0 Å². The molecule has 0 fully saturated rings. The van der Waals surface area contributed by atoms with Crippen LogP contribution in [-0.2, 0) is 17.8 Å². The van der Waals surface area contributed by atoms with Crippen molar-refractivity contribution in [2.24, 2.45) is 0 Å². The first-order chi connectivity index (χ1) is 9.72. The van der Waals surface area contributed by atoms with Gasteiger partial charge in [0.15, 0.2) is 0 Å². The number of anilines is 1. The number of hydrogen-bond donors (Lipinski definition) is 2. The Morgan fingerprint density at radius 1 is 1.35 bits per heavy atom. The first-order valence-corrected chi connectivity index (χ1v) is 6.88. The van der Waals surface area contributed by atoms with Gasteiger partial charge in [-0.2, -0.15) is 0 Å². The molecule has 0 spiro atoms. The number of amides is 1. The lowest BCUT2D eigenvalue weighted by Crippen LogP contribution is -2.38. The molecule has 1 aliphatic heterocycles. The van der Waals surface area contributed by atoms with Crippen LogP contribution in [0.4, 0.5) is 5.69 Å². The quantitative estimate of drug-likeness (QED) is 0.910. The molecule has 1 radical (unpaired) electrons. The fourth-order valence-electron chi connectivity index (χ4n) is 2.31. The van der Waals surface area contributed by atoms with E-state index in [1.165, 1.54) is 0 Å². The zero-order valence-corrected chi connectivity index (χ0v) is 11.6. The summed E-state index contributed by atoms with van der Waals surface area (Å²) in [6, 6.07) is 16.0. The average Bonchev–Trinajstić information content (AvgIpc) is 2.90. The van der Waals surface area contributed by atoms with Crippen molar-refractivity contribution in [3.05, 3.63) is 64.7 Å². The smallest absolute Gasteiger partial charge is 0.243 e. The highest BCUT2D eigenvalue weighted by molar-refractivity contribution is 6.30. The van der Waals surface area contributed by atoms with Gasteiger partial charge in [-0.15, -0.1) is 0 Å². The predicted octanol–water partition coefficient (Wildman–Crippen LogP) is 2.79. The van der Waals surface area contributed by atoms with E-state index in [9.17, 15) is 4.79 Å². The molecule has 1 atom stereocenters. The van der Waals surface area contributed by atoms with E-state index in [4.69, 9.17) is 11.6 Å². The molecule has 1 heterocycles. The van der Waals surface area contributed by atoms with Gasteiger partial charge in [-0.25, -0.2) is 0 Å². The van der Waals surface area contributed by atoms with Crippen LogP contribution >= 0.6 is 11.6 Å². The fraction of sp³-hybridized carbons (Fsp3) is 0.188. The van der Waals surface area contributed by atoms with Gasteiger partial charge in [0.05, 0.1) is 0 Å². The Labute approximate surface area is 123 Å². The molecule has 1 unspecified atom stereocenters. The minimum absolute atomic E-state index is 0.0103. The van der Waals surface area contributed by atoms with Crippen LogP contribution in [-0.4, -0.2) is 11.9 Å². The lowest BCUT2D eigenvalue weighted by Gasteiger charge is -2.12. The Morgan fingerprint density at radius 2 is 2.15 bits per heavy atom. The van der Waals surface area contributed by atoms with E-state index in [1.807, 2.05) is 42.5 Å². The van der Waals surface area contributed by atoms with E-state index in [0.29, 0.717) is 11.6 Å². The highest BCUT2D eigenvalue weighted by atomic mass is 35.5. The maximum Gasteiger partial charge on any atom is 0.243 e. The first-order valence-electron chi connectivity index (χ1n) is 6.50. The van der Waals surface area contributed by atoms with E-state index in [-0.39, 0.29) is 11.9 Å². The summed E-state index contributed by atoms with van der Waals surface area (Å²) in [6.07, 6.45) is 0.719. The molecule has 4 heteroatoms. The van der Waals surface area contributed by atoms with Gasteiger partial charge >= 0.3 is 0 Å². The molecule has 0 saturated carbocycles. The van der Waals surface area contributed by atoms with Gasteiger partial charge in [-0.05, 0) is 35.4 Å². The van der Waals surface area contributed by atoms with Gasteiger partial charge < -0.3 is 10.6 Å². The van der Waals surface area contributed by atoms with Gasteiger partial charge in [-0.3, -0.25) is 4.79 Å². The topological polar surface area (TPSA) is 41.1 Å². The second kappa shape index (κ2) is 5.55. The van der Waals surface area contributed by atoms with E-state index < -0.39 is 0 Å². The largest absolute Gasteiger partial charge is 0.373 e. The SMILES string of the molecule is O=C(NCc1ccc(Cl)cc1)C1Cc2cc[c]cc2N1. The van der Waals surface area contributed by atoms with Crippen molar-refractivity contribution in [1.29, 1.82) is 0 Å². The van der Waals surface area contributed by atoms with Crippen LogP contribution < -0.4 is 10.6 Å². The lowest BCUT2D eigenvalue weighted by atomic mass is 10.1. The van der Waals surface area contributed by atoms with Gasteiger partial charge in [0, 0.05) is 23.7 Å². The number of rotatable bonds is 3. The normalized spacial score (nSPS) is 16.4. The third kappa shape index (κ3) is 2.78. The molecular formula is C16H14ClN2O. The summed E-state index contributed by atoms with van der Waals surface area (Å²) >= 11 is 5.83. The van der Waals surface area contributed by atoms with Crippen molar-refractivity contribution < 1.29 is 4.79 Å². The van der Waals surface area contributed by atoms with Crippen LogP contribution in [0.1, 0.15) is 11.1 Å².